The maximum absolute atomic E-state index is 12.2. The van der Waals surface area contributed by atoms with Gasteiger partial charge in [0.1, 0.15) is 0 Å². The predicted molar refractivity (Wildman–Crippen MR) is 87.1 cm³/mol. The van der Waals surface area contributed by atoms with Gasteiger partial charge in [-0.25, -0.2) is 0 Å². The Kier molecular flexibility index (Phi) is 4.32. The highest BCUT2D eigenvalue weighted by Gasteiger charge is 2.20. The molecule has 0 saturated heterocycles. The number of amides is 2. The molecule has 1 unspecified atom stereocenters. The van der Waals surface area contributed by atoms with Crippen LogP contribution in [0.3, 0.4) is 0 Å². The lowest BCUT2D eigenvalue weighted by Crippen LogP contribution is -2.27. The molecule has 0 aromatic heterocycles. The SMILES string of the molecule is CC1CC(=O)Nc2cc(C(=O)NCCC3CCC3)ccc2N1. The molecule has 22 heavy (non-hydrogen) atoms. The fraction of sp³-hybridized carbons (Fsp3) is 0.529. The van der Waals surface area contributed by atoms with Gasteiger partial charge in [0.05, 0.1) is 11.4 Å². The largest absolute Gasteiger partial charge is 0.380 e. The lowest BCUT2D eigenvalue weighted by atomic mass is 9.83. The summed E-state index contributed by atoms with van der Waals surface area (Å²) < 4.78 is 0. The van der Waals surface area contributed by atoms with Gasteiger partial charge in [-0.3, -0.25) is 9.59 Å². The van der Waals surface area contributed by atoms with Gasteiger partial charge < -0.3 is 16.0 Å². The minimum atomic E-state index is -0.0753. The van der Waals surface area contributed by atoms with Crippen molar-refractivity contribution in [3.63, 3.8) is 0 Å². The average Bonchev–Trinajstić information content (AvgIpc) is 2.56. The quantitative estimate of drug-likeness (QED) is 0.801. The van der Waals surface area contributed by atoms with E-state index in [1.54, 1.807) is 12.1 Å². The van der Waals surface area contributed by atoms with Crippen molar-refractivity contribution in [3.8, 4) is 0 Å². The molecule has 1 aliphatic carbocycles. The van der Waals surface area contributed by atoms with Gasteiger partial charge in [0, 0.05) is 24.6 Å². The molecular weight excluding hydrogens is 278 g/mol. The second-order valence-corrected chi connectivity index (χ2v) is 6.40. The topological polar surface area (TPSA) is 70.2 Å². The Bertz CT molecular complexity index is 581. The molecule has 5 heteroatoms. The van der Waals surface area contributed by atoms with Gasteiger partial charge in [0.2, 0.25) is 5.91 Å². The number of rotatable bonds is 4. The van der Waals surface area contributed by atoms with E-state index in [1.807, 2.05) is 13.0 Å². The van der Waals surface area contributed by atoms with Gasteiger partial charge in [-0.05, 0) is 37.5 Å². The second-order valence-electron chi connectivity index (χ2n) is 6.40. The molecule has 1 aromatic rings. The zero-order valence-electron chi connectivity index (χ0n) is 12.9. The highest BCUT2D eigenvalue weighted by molar-refractivity contribution is 6.00. The molecule has 0 spiro atoms. The standard InChI is InChI=1S/C17H23N3O2/c1-11-9-16(21)20-15-10-13(5-6-14(15)19-11)17(22)18-8-7-12-3-2-4-12/h5-6,10-12,19H,2-4,7-9H2,1H3,(H,18,22)(H,20,21). The van der Waals surface area contributed by atoms with Crippen molar-refractivity contribution in [3.05, 3.63) is 23.8 Å². The average molecular weight is 301 g/mol. The third-order valence-corrected chi connectivity index (χ3v) is 4.51. The third-order valence-electron chi connectivity index (χ3n) is 4.51. The van der Waals surface area contributed by atoms with Crippen molar-refractivity contribution in [2.24, 2.45) is 5.92 Å². The van der Waals surface area contributed by atoms with E-state index in [4.69, 9.17) is 0 Å². The van der Waals surface area contributed by atoms with Gasteiger partial charge in [0.15, 0.2) is 0 Å². The zero-order chi connectivity index (χ0) is 15.5. The van der Waals surface area contributed by atoms with Crippen molar-refractivity contribution < 1.29 is 9.59 Å². The Morgan fingerprint density at radius 2 is 2.14 bits per heavy atom. The summed E-state index contributed by atoms with van der Waals surface area (Å²) >= 11 is 0. The van der Waals surface area contributed by atoms with Crippen molar-refractivity contribution >= 4 is 23.2 Å². The molecule has 1 aliphatic heterocycles. The number of fused-ring (bicyclic) bond motifs is 1. The lowest BCUT2D eigenvalue weighted by Gasteiger charge is -2.25. The van der Waals surface area contributed by atoms with E-state index >= 15 is 0 Å². The first kappa shape index (κ1) is 14.9. The summed E-state index contributed by atoms with van der Waals surface area (Å²) in [4.78, 5) is 24.0. The summed E-state index contributed by atoms with van der Waals surface area (Å²) in [6.07, 6.45) is 5.41. The van der Waals surface area contributed by atoms with Crippen LogP contribution in [0, 0.1) is 5.92 Å². The van der Waals surface area contributed by atoms with Crippen LogP contribution in [0.5, 0.6) is 0 Å². The van der Waals surface area contributed by atoms with Crippen LogP contribution >= 0.6 is 0 Å². The summed E-state index contributed by atoms with van der Waals surface area (Å²) in [5.41, 5.74) is 2.13. The lowest BCUT2D eigenvalue weighted by molar-refractivity contribution is -0.116. The number of carbonyl (C=O) groups is 2. The molecule has 5 nitrogen and oxygen atoms in total. The van der Waals surface area contributed by atoms with E-state index < -0.39 is 0 Å². The van der Waals surface area contributed by atoms with Crippen LogP contribution in [0.2, 0.25) is 0 Å². The summed E-state index contributed by atoms with van der Waals surface area (Å²) in [6, 6.07) is 5.49. The van der Waals surface area contributed by atoms with Crippen LogP contribution in [0.4, 0.5) is 11.4 Å². The molecule has 2 amide bonds. The molecule has 0 radical (unpaired) electrons. The Hall–Kier alpha value is -2.04. The van der Waals surface area contributed by atoms with Crippen LogP contribution < -0.4 is 16.0 Å². The zero-order valence-corrected chi connectivity index (χ0v) is 12.9. The van der Waals surface area contributed by atoms with Gasteiger partial charge in [-0.15, -0.1) is 0 Å². The summed E-state index contributed by atoms with van der Waals surface area (Å²) in [5, 5.41) is 9.10. The summed E-state index contributed by atoms with van der Waals surface area (Å²) in [6.45, 7) is 2.69. The monoisotopic (exact) mass is 301 g/mol. The molecule has 0 bridgehead atoms. The first-order valence-corrected chi connectivity index (χ1v) is 8.10. The Labute approximate surface area is 130 Å². The molecule has 1 atom stereocenters. The molecule has 3 N–H and O–H groups in total. The van der Waals surface area contributed by atoms with Crippen LogP contribution in [0.25, 0.3) is 0 Å². The van der Waals surface area contributed by atoms with Crippen molar-refractivity contribution in [2.75, 3.05) is 17.2 Å². The van der Waals surface area contributed by atoms with Gasteiger partial charge in [-0.2, -0.15) is 0 Å². The highest BCUT2D eigenvalue weighted by atomic mass is 16.2. The molecule has 1 fully saturated rings. The van der Waals surface area contributed by atoms with Crippen molar-refractivity contribution in [1.29, 1.82) is 0 Å². The van der Waals surface area contributed by atoms with E-state index in [0.717, 1.165) is 24.6 Å². The van der Waals surface area contributed by atoms with Crippen molar-refractivity contribution in [2.45, 2.75) is 45.1 Å². The molecule has 1 aromatic carbocycles. The molecule has 3 rings (SSSR count). The number of nitrogens with one attached hydrogen (secondary N) is 3. The Morgan fingerprint density at radius 1 is 1.32 bits per heavy atom. The fourth-order valence-corrected chi connectivity index (χ4v) is 2.98. The molecule has 118 valence electrons. The molecule has 1 saturated carbocycles. The van der Waals surface area contributed by atoms with E-state index in [2.05, 4.69) is 16.0 Å². The van der Waals surface area contributed by atoms with Gasteiger partial charge in [-0.1, -0.05) is 19.3 Å². The number of anilines is 2. The predicted octanol–water partition coefficient (Wildman–Crippen LogP) is 2.75. The van der Waals surface area contributed by atoms with E-state index in [9.17, 15) is 9.59 Å². The summed E-state index contributed by atoms with van der Waals surface area (Å²) in [7, 11) is 0. The van der Waals surface area contributed by atoms with Crippen LogP contribution in [-0.4, -0.2) is 24.4 Å². The van der Waals surface area contributed by atoms with Gasteiger partial charge >= 0.3 is 0 Å². The van der Waals surface area contributed by atoms with E-state index in [0.29, 0.717) is 17.7 Å². The number of hydrogen-bond acceptors (Lipinski definition) is 3. The normalized spacial score (nSPS) is 21.0. The molecule has 2 aliphatic rings. The minimum Gasteiger partial charge on any atom is -0.380 e. The van der Waals surface area contributed by atoms with Gasteiger partial charge in [0.25, 0.3) is 5.91 Å². The van der Waals surface area contributed by atoms with Crippen LogP contribution in [0.1, 0.15) is 49.4 Å². The molecule has 1 heterocycles. The Morgan fingerprint density at radius 3 is 2.86 bits per heavy atom. The Balaban J connectivity index is 1.64. The van der Waals surface area contributed by atoms with Crippen LogP contribution in [-0.2, 0) is 4.79 Å². The van der Waals surface area contributed by atoms with Crippen molar-refractivity contribution in [1.82, 2.24) is 5.32 Å². The number of benzene rings is 1. The number of hydrogen-bond donors (Lipinski definition) is 3. The minimum absolute atomic E-state index is 0.0266. The maximum atomic E-state index is 12.2. The summed E-state index contributed by atoms with van der Waals surface area (Å²) in [5.74, 6) is 0.687. The highest BCUT2D eigenvalue weighted by Crippen LogP contribution is 2.29. The van der Waals surface area contributed by atoms with E-state index in [1.165, 1.54) is 19.3 Å². The van der Waals surface area contributed by atoms with Crippen LogP contribution in [0.15, 0.2) is 18.2 Å². The molecular formula is C17H23N3O2. The number of carbonyl (C=O) groups excluding carboxylic acids is 2. The second kappa shape index (κ2) is 6.38. The van der Waals surface area contributed by atoms with E-state index in [-0.39, 0.29) is 17.9 Å². The smallest absolute Gasteiger partial charge is 0.251 e. The first-order chi connectivity index (χ1) is 10.6. The fourth-order valence-electron chi connectivity index (χ4n) is 2.98. The first-order valence-electron chi connectivity index (χ1n) is 8.10. The maximum Gasteiger partial charge on any atom is 0.251 e. The third kappa shape index (κ3) is 3.40.